The van der Waals surface area contributed by atoms with E-state index >= 15 is 0 Å². The van der Waals surface area contributed by atoms with E-state index < -0.39 is 11.5 Å². The number of hydrogen-bond acceptors (Lipinski definition) is 7. The van der Waals surface area contributed by atoms with E-state index in [1.54, 1.807) is 31.3 Å². The molecule has 0 amide bonds. The first-order valence-corrected chi connectivity index (χ1v) is 9.27. The van der Waals surface area contributed by atoms with Gasteiger partial charge in [-0.3, -0.25) is 9.55 Å². The summed E-state index contributed by atoms with van der Waals surface area (Å²) in [7, 11) is 0. The van der Waals surface area contributed by atoms with Crippen LogP contribution < -0.4 is 20.5 Å². The van der Waals surface area contributed by atoms with E-state index in [0.29, 0.717) is 29.4 Å². The van der Waals surface area contributed by atoms with Gasteiger partial charge in [0.05, 0.1) is 5.56 Å². The number of benzene rings is 1. The standard InChI is InChI=1S/C21H18FN5O3/c1-12-5-16(3-4-24-12)30-20-15(9-23)6-14(7-17(20)22)11-29-19-8-18-25-13(2)10-27(18)21(28)26-19/h3-8,13,25H,10-11H2,1-2H3/t13-/m0/s1. The third kappa shape index (κ3) is 3.93. The Morgan fingerprint density at radius 2 is 2.20 bits per heavy atom. The van der Waals surface area contributed by atoms with Crippen LogP contribution in [0.15, 0.2) is 41.3 Å². The number of fused-ring (bicyclic) bond motifs is 1. The van der Waals surface area contributed by atoms with E-state index in [9.17, 15) is 14.4 Å². The van der Waals surface area contributed by atoms with E-state index in [2.05, 4.69) is 15.3 Å². The van der Waals surface area contributed by atoms with Gasteiger partial charge in [0, 0.05) is 36.6 Å². The molecule has 1 aromatic carbocycles. The Hall–Kier alpha value is -3.93. The summed E-state index contributed by atoms with van der Waals surface area (Å²) >= 11 is 0. The first-order chi connectivity index (χ1) is 14.4. The molecule has 3 heterocycles. The number of pyridine rings is 1. The number of halogens is 1. The molecule has 0 fully saturated rings. The van der Waals surface area contributed by atoms with E-state index in [1.807, 2.05) is 13.0 Å². The minimum atomic E-state index is -0.695. The molecule has 9 heteroatoms. The second-order valence-electron chi connectivity index (χ2n) is 7.01. The second-order valence-corrected chi connectivity index (χ2v) is 7.01. The average Bonchev–Trinajstić information content (AvgIpc) is 3.09. The van der Waals surface area contributed by atoms with Gasteiger partial charge in [0.2, 0.25) is 5.88 Å². The quantitative estimate of drug-likeness (QED) is 0.693. The molecule has 0 aliphatic carbocycles. The Balaban J connectivity index is 1.54. The van der Waals surface area contributed by atoms with Crippen LogP contribution in [0.4, 0.5) is 10.2 Å². The van der Waals surface area contributed by atoms with E-state index in [4.69, 9.17) is 9.47 Å². The first-order valence-electron chi connectivity index (χ1n) is 9.27. The van der Waals surface area contributed by atoms with Crippen molar-refractivity contribution in [2.45, 2.75) is 33.0 Å². The summed E-state index contributed by atoms with van der Waals surface area (Å²) in [6.07, 6.45) is 1.54. The van der Waals surface area contributed by atoms with Crippen molar-refractivity contribution < 1.29 is 13.9 Å². The fourth-order valence-corrected chi connectivity index (χ4v) is 3.20. The summed E-state index contributed by atoms with van der Waals surface area (Å²) in [4.78, 5) is 20.0. The number of hydrogen-bond donors (Lipinski definition) is 1. The predicted octanol–water partition coefficient (Wildman–Crippen LogP) is 3.14. The van der Waals surface area contributed by atoms with Crippen molar-refractivity contribution in [2.75, 3.05) is 5.32 Å². The van der Waals surface area contributed by atoms with Crippen LogP contribution in [0.5, 0.6) is 17.4 Å². The SMILES string of the molecule is Cc1cc(Oc2c(F)cc(COc3cc4n(c(=O)n3)C[C@H](C)N4)cc2C#N)ccn1. The van der Waals surface area contributed by atoms with Crippen LogP contribution in [0.2, 0.25) is 0 Å². The molecule has 0 radical (unpaired) electrons. The highest BCUT2D eigenvalue weighted by Crippen LogP contribution is 2.30. The van der Waals surface area contributed by atoms with Crippen molar-refractivity contribution in [2.24, 2.45) is 0 Å². The topological polar surface area (TPSA) is 102 Å². The Kier molecular flexibility index (Phi) is 5.06. The number of aromatic nitrogens is 3. The van der Waals surface area contributed by atoms with Crippen LogP contribution in [-0.4, -0.2) is 20.6 Å². The molecule has 30 heavy (non-hydrogen) atoms. The summed E-state index contributed by atoms with van der Waals surface area (Å²) in [5.74, 6) is 0.266. The molecule has 3 aromatic rings. The second kappa shape index (κ2) is 7.83. The molecule has 1 aliphatic heterocycles. The molecular weight excluding hydrogens is 389 g/mol. The van der Waals surface area contributed by atoms with Crippen LogP contribution in [0, 0.1) is 24.1 Å². The summed E-state index contributed by atoms with van der Waals surface area (Å²) < 4.78 is 27.3. The zero-order valence-electron chi connectivity index (χ0n) is 16.3. The van der Waals surface area contributed by atoms with Crippen LogP contribution in [0.1, 0.15) is 23.7 Å². The van der Waals surface area contributed by atoms with E-state index in [0.717, 1.165) is 0 Å². The van der Waals surface area contributed by atoms with Crippen LogP contribution in [-0.2, 0) is 13.2 Å². The van der Waals surface area contributed by atoms with Gasteiger partial charge in [0.1, 0.15) is 24.2 Å². The maximum atomic E-state index is 14.7. The third-order valence-electron chi connectivity index (χ3n) is 4.54. The Morgan fingerprint density at radius 3 is 2.97 bits per heavy atom. The molecule has 0 saturated heterocycles. The van der Waals surface area contributed by atoms with Gasteiger partial charge in [-0.2, -0.15) is 10.2 Å². The molecule has 1 N–H and O–H groups in total. The van der Waals surface area contributed by atoms with Gasteiger partial charge in [-0.25, -0.2) is 9.18 Å². The van der Waals surface area contributed by atoms with Crippen molar-refractivity contribution in [3.8, 4) is 23.4 Å². The maximum Gasteiger partial charge on any atom is 0.352 e. The summed E-state index contributed by atoms with van der Waals surface area (Å²) in [5, 5.41) is 12.6. The van der Waals surface area contributed by atoms with Crippen LogP contribution >= 0.6 is 0 Å². The molecule has 0 unspecified atom stereocenters. The fourth-order valence-electron chi connectivity index (χ4n) is 3.20. The zero-order valence-corrected chi connectivity index (χ0v) is 16.3. The number of anilines is 1. The Labute approximate surface area is 171 Å². The highest BCUT2D eigenvalue weighted by Gasteiger charge is 2.20. The lowest BCUT2D eigenvalue weighted by Gasteiger charge is -2.12. The number of ether oxygens (including phenoxy) is 2. The van der Waals surface area contributed by atoms with Crippen molar-refractivity contribution in [3.63, 3.8) is 0 Å². The van der Waals surface area contributed by atoms with Crippen molar-refractivity contribution in [1.29, 1.82) is 5.26 Å². The molecule has 8 nitrogen and oxygen atoms in total. The normalized spacial score (nSPS) is 14.5. The maximum absolute atomic E-state index is 14.7. The average molecular weight is 407 g/mol. The minimum absolute atomic E-state index is 0.0283. The summed E-state index contributed by atoms with van der Waals surface area (Å²) in [6.45, 7) is 4.21. The van der Waals surface area contributed by atoms with Gasteiger partial charge >= 0.3 is 5.69 Å². The summed E-state index contributed by atoms with van der Waals surface area (Å²) in [6, 6.07) is 9.62. The molecule has 1 aliphatic rings. The van der Waals surface area contributed by atoms with Gasteiger partial charge in [-0.15, -0.1) is 0 Å². The molecule has 0 saturated carbocycles. The smallest absolute Gasteiger partial charge is 0.352 e. The molecule has 0 spiro atoms. The van der Waals surface area contributed by atoms with Gasteiger partial charge in [0.15, 0.2) is 11.6 Å². The highest BCUT2D eigenvalue weighted by molar-refractivity contribution is 5.48. The number of nitrogens with zero attached hydrogens (tertiary/aromatic N) is 4. The van der Waals surface area contributed by atoms with Crippen molar-refractivity contribution in [3.05, 3.63) is 69.7 Å². The van der Waals surface area contributed by atoms with Crippen LogP contribution in [0.25, 0.3) is 0 Å². The molecular formula is C21H18FN5O3. The lowest BCUT2D eigenvalue weighted by atomic mass is 10.1. The zero-order chi connectivity index (χ0) is 21.3. The monoisotopic (exact) mass is 407 g/mol. The van der Waals surface area contributed by atoms with Gasteiger partial charge in [-0.05, 0) is 37.6 Å². The Bertz CT molecular complexity index is 1220. The molecule has 4 rings (SSSR count). The number of nitrogens with one attached hydrogen (secondary N) is 1. The lowest BCUT2D eigenvalue weighted by molar-refractivity contribution is 0.290. The summed E-state index contributed by atoms with van der Waals surface area (Å²) in [5.41, 5.74) is 0.726. The highest BCUT2D eigenvalue weighted by atomic mass is 19.1. The first kappa shape index (κ1) is 19.4. The Morgan fingerprint density at radius 1 is 1.37 bits per heavy atom. The third-order valence-corrected chi connectivity index (χ3v) is 4.54. The number of nitriles is 1. The molecule has 1 atom stereocenters. The van der Waals surface area contributed by atoms with E-state index in [1.165, 1.54) is 16.7 Å². The molecule has 152 valence electrons. The fraction of sp³-hybridized carbons (Fsp3) is 0.238. The number of aryl methyl sites for hydroxylation is 1. The van der Waals surface area contributed by atoms with Crippen molar-refractivity contribution in [1.82, 2.24) is 14.5 Å². The predicted molar refractivity (Wildman–Crippen MR) is 106 cm³/mol. The van der Waals surface area contributed by atoms with Gasteiger partial charge in [0.25, 0.3) is 0 Å². The molecule has 0 bridgehead atoms. The van der Waals surface area contributed by atoms with Crippen LogP contribution in [0.3, 0.4) is 0 Å². The van der Waals surface area contributed by atoms with Gasteiger partial charge < -0.3 is 14.8 Å². The minimum Gasteiger partial charge on any atom is -0.473 e. The number of rotatable bonds is 5. The van der Waals surface area contributed by atoms with Gasteiger partial charge in [-0.1, -0.05) is 0 Å². The largest absolute Gasteiger partial charge is 0.473 e. The lowest BCUT2D eigenvalue weighted by Crippen LogP contribution is -2.22. The van der Waals surface area contributed by atoms with E-state index in [-0.39, 0.29) is 29.8 Å². The molecule has 2 aromatic heterocycles. The van der Waals surface area contributed by atoms with Crippen molar-refractivity contribution >= 4 is 5.82 Å².